The number of carbonyl (C=O) groups is 3. The summed E-state index contributed by atoms with van der Waals surface area (Å²) in [7, 11) is 0. The number of pyridine rings is 1. The van der Waals surface area contributed by atoms with Crippen LogP contribution in [0.15, 0.2) is 29.2 Å². The molecule has 1 atom stereocenters. The maximum atomic E-state index is 12.2. The highest BCUT2D eigenvalue weighted by atomic mass is 16.4. The molecule has 0 radical (unpaired) electrons. The van der Waals surface area contributed by atoms with E-state index in [1.807, 2.05) is 0 Å². The van der Waals surface area contributed by atoms with Crippen LogP contribution in [0.1, 0.15) is 41.0 Å². The third-order valence-corrected chi connectivity index (χ3v) is 4.58. The molecule has 3 rings (SSSR count). The molecule has 3 aromatic rings. The molecule has 7 N–H and O–H groups in total. The van der Waals surface area contributed by atoms with E-state index in [2.05, 4.69) is 37.1 Å². The van der Waals surface area contributed by atoms with Crippen molar-refractivity contribution in [3.05, 3.63) is 51.7 Å². The summed E-state index contributed by atoms with van der Waals surface area (Å²) in [6, 6.07) is 3.33. The lowest BCUT2D eigenvalue weighted by molar-refractivity contribution is -0.140. The molecule has 12 nitrogen and oxygen atoms in total. The van der Waals surface area contributed by atoms with E-state index < -0.39 is 23.9 Å². The summed E-state index contributed by atoms with van der Waals surface area (Å²) in [6.45, 7) is 0. The first-order valence-electron chi connectivity index (χ1n) is 9.80. The van der Waals surface area contributed by atoms with Crippen molar-refractivity contribution >= 4 is 34.8 Å². The van der Waals surface area contributed by atoms with E-state index in [0.717, 1.165) is 5.69 Å². The lowest BCUT2D eigenvalue weighted by atomic mass is 10.1. The van der Waals surface area contributed by atoms with E-state index in [4.69, 9.17) is 15.9 Å². The van der Waals surface area contributed by atoms with Crippen LogP contribution < -0.4 is 16.6 Å². The average Bonchev–Trinajstić information content (AvgIpc) is 3.17. The number of amides is 1. The number of anilines is 1. The number of nitrogens with two attached hydrogens (primary N) is 1. The third kappa shape index (κ3) is 6.17. The van der Waals surface area contributed by atoms with Crippen molar-refractivity contribution in [1.29, 1.82) is 0 Å². The van der Waals surface area contributed by atoms with Crippen molar-refractivity contribution in [1.82, 2.24) is 25.3 Å². The lowest BCUT2D eigenvalue weighted by Gasteiger charge is -2.13. The molecule has 0 saturated carbocycles. The first-order valence-corrected chi connectivity index (χ1v) is 9.80. The van der Waals surface area contributed by atoms with E-state index in [0.29, 0.717) is 29.6 Å². The Balaban J connectivity index is 1.57. The van der Waals surface area contributed by atoms with Gasteiger partial charge < -0.3 is 26.2 Å². The molecule has 0 aromatic carbocycles. The van der Waals surface area contributed by atoms with Crippen LogP contribution in [0.3, 0.4) is 0 Å². The summed E-state index contributed by atoms with van der Waals surface area (Å²) in [5.74, 6) is 2.68. The summed E-state index contributed by atoms with van der Waals surface area (Å²) in [6.07, 6.45) is 1.64. The highest BCUT2D eigenvalue weighted by Crippen LogP contribution is 2.11. The van der Waals surface area contributed by atoms with Gasteiger partial charge in [-0.2, -0.15) is 4.98 Å². The number of aromatic amines is 2. The van der Waals surface area contributed by atoms with Crippen LogP contribution in [0.2, 0.25) is 0 Å². The molecule has 0 saturated heterocycles. The number of carboxylic acid groups (broad SMARTS) is 2. The Labute approximate surface area is 186 Å². The van der Waals surface area contributed by atoms with Crippen LogP contribution in [-0.2, 0) is 16.0 Å². The maximum absolute atomic E-state index is 12.2. The number of H-pyrrole nitrogens is 2. The van der Waals surface area contributed by atoms with Crippen LogP contribution in [0.25, 0.3) is 11.0 Å². The van der Waals surface area contributed by atoms with Crippen LogP contribution in [0.4, 0.5) is 5.95 Å². The number of nitrogen functional groups attached to an aromatic ring is 1. The Morgan fingerprint density at radius 2 is 2.00 bits per heavy atom. The van der Waals surface area contributed by atoms with Gasteiger partial charge >= 0.3 is 11.9 Å². The lowest BCUT2D eigenvalue weighted by Crippen LogP contribution is -2.41. The van der Waals surface area contributed by atoms with Gasteiger partial charge in [0.15, 0.2) is 0 Å². The quantitative estimate of drug-likeness (QED) is 0.259. The number of carbonyl (C=O) groups excluding carboxylic acids is 1. The predicted molar refractivity (Wildman–Crippen MR) is 116 cm³/mol. The van der Waals surface area contributed by atoms with E-state index in [1.165, 1.54) is 18.3 Å². The van der Waals surface area contributed by atoms with E-state index >= 15 is 0 Å². The Morgan fingerprint density at radius 1 is 1.21 bits per heavy atom. The van der Waals surface area contributed by atoms with Crippen molar-refractivity contribution in [3.8, 4) is 11.8 Å². The molecule has 0 aliphatic heterocycles. The van der Waals surface area contributed by atoms with Gasteiger partial charge in [0.05, 0.1) is 10.9 Å². The Kier molecular flexibility index (Phi) is 7.04. The van der Waals surface area contributed by atoms with Gasteiger partial charge in [-0.3, -0.25) is 19.4 Å². The van der Waals surface area contributed by atoms with Crippen molar-refractivity contribution in [3.63, 3.8) is 0 Å². The van der Waals surface area contributed by atoms with E-state index in [1.54, 1.807) is 6.07 Å². The monoisotopic (exact) mass is 452 g/mol. The smallest absolute Gasteiger partial charge is 0.326 e. The van der Waals surface area contributed by atoms with Gasteiger partial charge in [-0.05, 0) is 37.0 Å². The number of nitrogens with zero attached hydrogens (tertiary/aromatic N) is 2. The second-order valence-corrected chi connectivity index (χ2v) is 7.04. The fraction of sp³-hybridized carbons (Fsp3) is 0.238. The molecule has 3 heterocycles. The molecule has 33 heavy (non-hydrogen) atoms. The number of aliphatic carboxylic acids is 2. The first-order chi connectivity index (χ1) is 15.7. The van der Waals surface area contributed by atoms with Crippen LogP contribution in [0, 0.1) is 11.8 Å². The largest absolute Gasteiger partial charge is 0.481 e. The van der Waals surface area contributed by atoms with Crippen molar-refractivity contribution in [2.75, 3.05) is 5.73 Å². The molecule has 170 valence electrons. The van der Waals surface area contributed by atoms with Crippen molar-refractivity contribution < 1.29 is 24.6 Å². The van der Waals surface area contributed by atoms with Crippen LogP contribution >= 0.6 is 0 Å². The van der Waals surface area contributed by atoms with Gasteiger partial charge in [0, 0.05) is 24.7 Å². The molecule has 0 fully saturated rings. The molecule has 0 aliphatic rings. The first kappa shape index (κ1) is 23.0. The molecular weight excluding hydrogens is 432 g/mol. The number of rotatable bonds is 8. The molecule has 0 aliphatic carbocycles. The number of carboxylic acids is 2. The maximum Gasteiger partial charge on any atom is 0.326 e. The second kappa shape index (κ2) is 10.1. The molecule has 0 bridgehead atoms. The van der Waals surface area contributed by atoms with Crippen LogP contribution in [-0.4, -0.2) is 54.0 Å². The summed E-state index contributed by atoms with van der Waals surface area (Å²) < 4.78 is 0. The zero-order valence-corrected chi connectivity index (χ0v) is 17.2. The third-order valence-electron chi connectivity index (χ3n) is 4.58. The second-order valence-electron chi connectivity index (χ2n) is 7.04. The van der Waals surface area contributed by atoms with Gasteiger partial charge in [0.25, 0.3) is 11.5 Å². The Bertz CT molecular complexity index is 1310. The highest BCUT2D eigenvalue weighted by molar-refractivity contribution is 5.96. The number of hydrogen-bond donors (Lipinski definition) is 6. The molecule has 1 amide bonds. The number of hydrogen-bond acceptors (Lipinski definition) is 7. The minimum absolute atomic E-state index is 0.0302. The molecule has 0 spiro atoms. The fourth-order valence-electron chi connectivity index (χ4n) is 2.95. The number of aryl methyl sites for hydroxylation is 1. The Hall–Kier alpha value is -4.66. The average molecular weight is 452 g/mol. The molecule has 3 aromatic heterocycles. The van der Waals surface area contributed by atoms with Gasteiger partial charge in [-0.25, -0.2) is 9.78 Å². The summed E-state index contributed by atoms with van der Waals surface area (Å²) >= 11 is 0. The standard InChI is InChI=1S/C21H20N6O6/c22-21-26-17-14(19(31)27-21)9-13(24-17)4-2-1-3-12-6-5-11(10-23-12)18(30)25-15(20(32)33)7-8-16(28)29/h5-6,9-10,15H,2,4,7-8H2,(H,25,30)(H,28,29)(H,32,33)(H4,22,24,26,27,31). The van der Waals surface area contributed by atoms with E-state index in [9.17, 15) is 19.2 Å². The molecular formula is C21H20N6O6. The van der Waals surface area contributed by atoms with E-state index in [-0.39, 0.29) is 29.9 Å². The zero-order valence-electron chi connectivity index (χ0n) is 17.2. The minimum Gasteiger partial charge on any atom is -0.481 e. The van der Waals surface area contributed by atoms with Gasteiger partial charge in [-0.1, -0.05) is 5.92 Å². The van der Waals surface area contributed by atoms with Gasteiger partial charge in [0.1, 0.15) is 17.4 Å². The summed E-state index contributed by atoms with van der Waals surface area (Å²) in [5, 5.41) is 20.5. The molecule has 12 heteroatoms. The minimum atomic E-state index is -1.32. The van der Waals surface area contributed by atoms with Crippen molar-refractivity contribution in [2.24, 2.45) is 0 Å². The SMILES string of the molecule is Nc1nc2[nH]c(CCC#Cc3ccc(C(=O)NC(CCC(=O)O)C(=O)O)cn3)cc2c(=O)[nH]1. The predicted octanol–water partition coefficient (Wildman–Crippen LogP) is 0.261. The number of nitrogens with one attached hydrogen (secondary N) is 3. The number of aromatic nitrogens is 4. The Morgan fingerprint density at radius 3 is 2.67 bits per heavy atom. The topological polar surface area (TPSA) is 204 Å². The number of fused-ring (bicyclic) bond motifs is 1. The van der Waals surface area contributed by atoms with Crippen LogP contribution in [0.5, 0.6) is 0 Å². The van der Waals surface area contributed by atoms with Gasteiger partial charge in [0.2, 0.25) is 5.95 Å². The highest BCUT2D eigenvalue weighted by Gasteiger charge is 2.21. The molecule has 1 unspecified atom stereocenters. The summed E-state index contributed by atoms with van der Waals surface area (Å²) in [4.78, 5) is 59.4. The van der Waals surface area contributed by atoms with Gasteiger partial charge in [-0.15, -0.1) is 0 Å². The summed E-state index contributed by atoms with van der Waals surface area (Å²) in [5.41, 5.74) is 6.92. The van der Waals surface area contributed by atoms with Crippen molar-refractivity contribution in [2.45, 2.75) is 31.7 Å². The zero-order chi connectivity index (χ0) is 24.0. The fourth-order valence-corrected chi connectivity index (χ4v) is 2.95. The normalized spacial score (nSPS) is 11.4.